The van der Waals surface area contributed by atoms with E-state index in [9.17, 15) is 4.79 Å². The Morgan fingerprint density at radius 1 is 1.39 bits per heavy atom. The Morgan fingerprint density at radius 2 is 2.11 bits per heavy atom. The standard InChI is InChI=1S/C13H16N4O/c1-11-8-12(10-15-9-11)13(18)17-6-4-16(3-2-14)5-7-17/h8-10H,3-7H2,1H3. The molecule has 1 aliphatic heterocycles. The van der Waals surface area contributed by atoms with E-state index in [1.807, 2.05) is 17.9 Å². The first-order valence-electron chi connectivity index (χ1n) is 6.01. The van der Waals surface area contributed by atoms with Gasteiger partial charge >= 0.3 is 0 Å². The maximum absolute atomic E-state index is 12.2. The van der Waals surface area contributed by atoms with Crippen LogP contribution in [-0.4, -0.2) is 53.4 Å². The van der Waals surface area contributed by atoms with Crippen LogP contribution in [0.2, 0.25) is 0 Å². The van der Waals surface area contributed by atoms with Gasteiger partial charge in [-0.15, -0.1) is 0 Å². The number of nitriles is 1. The molecular formula is C13H16N4O. The van der Waals surface area contributed by atoms with Crippen molar-refractivity contribution in [1.82, 2.24) is 14.8 Å². The van der Waals surface area contributed by atoms with E-state index < -0.39 is 0 Å². The fraction of sp³-hybridized carbons (Fsp3) is 0.462. The molecule has 18 heavy (non-hydrogen) atoms. The largest absolute Gasteiger partial charge is 0.336 e. The smallest absolute Gasteiger partial charge is 0.255 e. The summed E-state index contributed by atoms with van der Waals surface area (Å²) in [6, 6.07) is 3.99. The summed E-state index contributed by atoms with van der Waals surface area (Å²) in [5.41, 5.74) is 1.63. The SMILES string of the molecule is Cc1cncc(C(=O)N2CCN(CC#N)CC2)c1. The zero-order valence-electron chi connectivity index (χ0n) is 10.5. The van der Waals surface area contributed by atoms with Gasteiger partial charge in [0.15, 0.2) is 0 Å². The monoisotopic (exact) mass is 244 g/mol. The van der Waals surface area contributed by atoms with E-state index in [2.05, 4.69) is 16.0 Å². The summed E-state index contributed by atoms with van der Waals surface area (Å²) in [4.78, 5) is 20.1. The Morgan fingerprint density at radius 3 is 2.72 bits per heavy atom. The van der Waals surface area contributed by atoms with Crippen LogP contribution in [0.5, 0.6) is 0 Å². The Kier molecular flexibility index (Phi) is 3.90. The number of carbonyl (C=O) groups excluding carboxylic acids is 1. The van der Waals surface area contributed by atoms with Crippen molar-refractivity contribution in [1.29, 1.82) is 5.26 Å². The Balaban J connectivity index is 1.98. The normalized spacial score (nSPS) is 16.3. The lowest BCUT2D eigenvalue weighted by molar-refractivity contribution is 0.0651. The summed E-state index contributed by atoms with van der Waals surface area (Å²) in [5, 5.41) is 8.62. The zero-order valence-corrected chi connectivity index (χ0v) is 10.5. The molecule has 1 saturated heterocycles. The first-order chi connectivity index (χ1) is 8.70. The van der Waals surface area contributed by atoms with Crippen molar-refractivity contribution in [2.24, 2.45) is 0 Å². The molecule has 0 atom stereocenters. The minimum absolute atomic E-state index is 0.0304. The number of aromatic nitrogens is 1. The molecule has 0 saturated carbocycles. The van der Waals surface area contributed by atoms with E-state index in [1.54, 1.807) is 12.4 Å². The highest BCUT2D eigenvalue weighted by molar-refractivity contribution is 5.94. The molecule has 1 fully saturated rings. The van der Waals surface area contributed by atoms with Gasteiger partial charge in [0.2, 0.25) is 0 Å². The number of aryl methyl sites for hydroxylation is 1. The number of hydrogen-bond acceptors (Lipinski definition) is 4. The van der Waals surface area contributed by atoms with Gasteiger partial charge in [-0.3, -0.25) is 14.7 Å². The number of hydrogen-bond donors (Lipinski definition) is 0. The zero-order chi connectivity index (χ0) is 13.0. The third kappa shape index (κ3) is 2.84. The number of rotatable bonds is 2. The molecule has 0 aromatic carbocycles. The highest BCUT2D eigenvalue weighted by Gasteiger charge is 2.21. The summed E-state index contributed by atoms with van der Waals surface area (Å²) in [7, 11) is 0. The molecule has 2 heterocycles. The molecule has 0 bridgehead atoms. The predicted molar refractivity (Wildman–Crippen MR) is 66.9 cm³/mol. The number of carbonyl (C=O) groups is 1. The first-order valence-corrected chi connectivity index (χ1v) is 6.01. The van der Waals surface area contributed by atoms with Gasteiger partial charge in [-0.05, 0) is 18.6 Å². The van der Waals surface area contributed by atoms with Crippen molar-refractivity contribution in [3.05, 3.63) is 29.6 Å². The van der Waals surface area contributed by atoms with Gasteiger partial charge in [0.1, 0.15) is 0 Å². The third-order valence-corrected chi connectivity index (χ3v) is 3.08. The van der Waals surface area contributed by atoms with Crippen LogP contribution in [0.3, 0.4) is 0 Å². The molecule has 1 amide bonds. The van der Waals surface area contributed by atoms with Gasteiger partial charge < -0.3 is 4.90 Å². The molecular weight excluding hydrogens is 228 g/mol. The van der Waals surface area contributed by atoms with Crippen molar-refractivity contribution >= 4 is 5.91 Å². The molecule has 0 aliphatic carbocycles. The van der Waals surface area contributed by atoms with E-state index in [1.165, 1.54) is 0 Å². The van der Waals surface area contributed by atoms with Crippen LogP contribution in [0.4, 0.5) is 0 Å². The van der Waals surface area contributed by atoms with Gasteiger partial charge in [-0.1, -0.05) is 0 Å². The lowest BCUT2D eigenvalue weighted by Gasteiger charge is -2.33. The molecule has 0 unspecified atom stereocenters. The minimum atomic E-state index is 0.0304. The van der Waals surface area contributed by atoms with E-state index in [-0.39, 0.29) is 5.91 Å². The van der Waals surface area contributed by atoms with Gasteiger partial charge in [0, 0.05) is 38.6 Å². The second-order valence-corrected chi connectivity index (χ2v) is 4.48. The van der Waals surface area contributed by atoms with Crippen LogP contribution in [0.15, 0.2) is 18.5 Å². The average molecular weight is 244 g/mol. The number of pyridine rings is 1. The average Bonchev–Trinajstić information content (AvgIpc) is 2.39. The lowest BCUT2D eigenvalue weighted by Crippen LogP contribution is -2.48. The van der Waals surface area contributed by atoms with Gasteiger partial charge in [0.05, 0.1) is 18.2 Å². The minimum Gasteiger partial charge on any atom is -0.336 e. The highest BCUT2D eigenvalue weighted by atomic mass is 16.2. The van der Waals surface area contributed by atoms with Crippen LogP contribution >= 0.6 is 0 Å². The molecule has 1 aromatic rings. The number of piperazine rings is 1. The van der Waals surface area contributed by atoms with Crippen molar-refractivity contribution in [2.45, 2.75) is 6.92 Å². The fourth-order valence-electron chi connectivity index (χ4n) is 2.06. The van der Waals surface area contributed by atoms with Crippen molar-refractivity contribution in [3.8, 4) is 6.07 Å². The van der Waals surface area contributed by atoms with Crippen LogP contribution in [0, 0.1) is 18.3 Å². The summed E-state index contributed by atoms with van der Waals surface area (Å²) >= 11 is 0. The fourth-order valence-corrected chi connectivity index (χ4v) is 2.06. The van der Waals surface area contributed by atoms with Crippen LogP contribution in [0.1, 0.15) is 15.9 Å². The molecule has 2 rings (SSSR count). The van der Waals surface area contributed by atoms with E-state index in [0.717, 1.165) is 18.7 Å². The number of amides is 1. The quantitative estimate of drug-likeness (QED) is 0.717. The van der Waals surface area contributed by atoms with Crippen LogP contribution in [0.25, 0.3) is 0 Å². The second-order valence-electron chi connectivity index (χ2n) is 4.48. The van der Waals surface area contributed by atoms with Gasteiger partial charge in [0.25, 0.3) is 5.91 Å². The Hall–Kier alpha value is -1.93. The molecule has 5 nitrogen and oxygen atoms in total. The molecule has 1 aliphatic rings. The van der Waals surface area contributed by atoms with Crippen LogP contribution in [-0.2, 0) is 0 Å². The summed E-state index contributed by atoms with van der Waals surface area (Å²) in [6.45, 7) is 5.24. The van der Waals surface area contributed by atoms with Crippen LogP contribution < -0.4 is 0 Å². The number of nitrogens with zero attached hydrogens (tertiary/aromatic N) is 4. The van der Waals surface area contributed by atoms with Gasteiger partial charge in [-0.2, -0.15) is 5.26 Å². The van der Waals surface area contributed by atoms with Crippen molar-refractivity contribution in [3.63, 3.8) is 0 Å². The second kappa shape index (κ2) is 5.61. The van der Waals surface area contributed by atoms with E-state index in [0.29, 0.717) is 25.2 Å². The molecule has 0 spiro atoms. The molecule has 0 N–H and O–H groups in total. The first kappa shape index (κ1) is 12.5. The predicted octanol–water partition coefficient (Wildman–Crippen LogP) is 0.671. The van der Waals surface area contributed by atoms with Crippen molar-refractivity contribution < 1.29 is 4.79 Å². The van der Waals surface area contributed by atoms with E-state index >= 15 is 0 Å². The topological polar surface area (TPSA) is 60.2 Å². The summed E-state index contributed by atoms with van der Waals surface area (Å²) in [6.07, 6.45) is 3.35. The summed E-state index contributed by atoms with van der Waals surface area (Å²) in [5.74, 6) is 0.0304. The van der Waals surface area contributed by atoms with E-state index in [4.69, 9.17) is 5.26 Å². The summed E-state index contributed by atoms with van der Waals surface area (Å²) < 4.78 is 0. The molecule has 0 radical (unpaired) electrons. The lowest BCUT2D eigenvalue weighted by atomic mass is 10.2. The highest BCUT2D eigenvalue weighted by Crippen LogP contribution is 2.09. The maximum Gasteiger partial charge on any atom is 0.255 e. The Labute approximate surface area is 107 Å². The molecule has 1 aromatic heterocycles. The maximum atomic E-state index is 12.2. The third-order valence-electron chi connectivity index (χ3n) is 3.08. The Bertz CT molecular complexity index is 472. The molecule has 94 valence electrons. The van der Waals surface area contributed by atoms with Gasteiger partial charge in [-0.25, -0.2) is 0 Å². The molecule has 5 heteroatoms. The van der Waals surface area contributed by atoms with Crippen molar-refractivity contribution in [2.75, 3.05) is 32.7 Å².